The van der Waals surface area contributed by atoms with Crippen LogP contribution in [0.3, 0.4) is 0 Å². The van der Waals surface area contributed by atoms with Crippen LogP contribution in [0.4, 0.5) is 0 Å². The highest BCUT2D eigenvalue weighted by atomic mass is 16.6. The van der Waals surface area contributed by atoms with Crippen molar-refractivity contribution in [3.63, 3.8) is 0 Å². The predicted molar refractivity (Wildman–Crippen MR) is 104 cm³/mol. The lowest BCUT2D eigenvalue weighted by atomic mass is 9.54. The van der Waals surface area contributed by atoms with Gasteiger partial charge in [-0.25, -0.2) is 0 Å². The molecule has 6 atom stereocenters. The predicted octanol–water partition coefficient (Wildman–Crippen LogP) is 4.59. The monoisotopic (exact) mass is 366 g/mol. The summed E-state index contributed by atoms with van der Waals surface area (Å²) in [5.41, 5.74) is 4.15. The summed E-state index contributed by atoms with van der Waals surface area (Å²) < 4.78 is 19.7. The zero-order chi connectivity index (χ0) is 18.3. The van der Waals surface area contributed by atoms with E-state index in [9.17, 15) is 0 Å². The molecular weight excluding hydrogens is 348 g/mol. The number of fused-ring (bicyclic) bond motifs is 6. The van der Waals surface area contributed by atoms with Crippen molar-refractivity contribution in [3.8, 4) is 5.75 Å². The van der Waals surface area contributed by atoms with Gasteiger partial charge in [0.05, 0.1) is 19.3 Å². The Bertz CT molecular complexity index is 1250. The zero-order valence-corrected chi connectivity index (χ0v) is 15.4. The molecule has 4 bridgehead atoms. The lowest BCUT2D eigenvalue weighted by Crippen LogP contribution is -2.49. The van der Waals surface area contributed by atoms with Crippen LogP contribution in [0, 0.1) is 11.8 Å². The molecule has 2 fully saturated rings. The highest BCUT2D eigenvalue weighted by Gasteiger charge is 2.78. The van der Waals surface area contributed by atoms with E-state index in [1.807, 2.05) is 0 Å². The standard InChI is InChI=1S/C25H18O3/c1-26-18-10-4-7-14-21(18)25-16-9-3-6-13-5-2-8-15(19(13)16)24-12-11-17(27-24)20(23(24)25)22(14)28-25/h2-12,17,20,22-23H,1H3/t17-,20+,22+,23-,24-,25-/m0/s1. The van der Waals surface area contributed by atoms with Crippen LogP contribution in [0.5, 0.6) is 5.75 Å². The van der Waals surface area contributed by atoms with E-state index in [-0.39, 0.29) is 18.1 Å². The van der Waals surface area contributed by atoms with Crippen LogP contribution in [0.15, 0.2) is 66.7 Å². The fourth-order valence-corrected chi connectivity index (χ4v) is 7.17. The lowest BCUT2D eigenvalue weighted by Gasteiger charge is -2.48. The van der Waals surface area contributed by atoms with Gasteiger partial charge in [0.2, 0.25) is 0 Å². The van der Waals surface area contributed by atoms with Gasteiger partial charge in [-0.3, -0.25) is 0 Å². The third-order valence-corrected chi connectivity index (χ3v) is 7.87. The van der Waals surface area contributed by atoms with E-state index in [0.29, 0.717) is 5.92 Å². The molecular formula is C25H18O3. The largest absolute Gasteiger partial charge is 0.496 e. The van der Waals surface area contributed by atoms with E-state index in [1.54, 1.807) is 7.11 Å². The molecule has 2 saturated heterocycles. The van der Waals surface area contributed by atoms with Crippen molar-refractivity contribution in [3.05, 3.63) is 89.0 Å². The van der Waals surface area contributed by atoms with Crippen LogP contribution in [-0.4, -0.2) is 13.2 Å². The van der Waals surface area contributed by atoms with Gasteiger partial charge in [0.1, 0.15) is 17.0 Å². The van der Waals surface area contributed by atoms with Gasteiger partial charge in [0, 0.05) is 17.4 Å². The molecule has 5 aliphatic rings. The summed E-state index contributed by atoms with van der Waals surface area (Å²) in [5, 5.41) is 2.53. The number of benzene rings is 3. The average molecular weight is 366 g/mol. The van der Waals surface area contributed by atoms with E-state index in [4.69, 9.17) is 14.2 Å². The summed E-state index contributed by atoms with van der Waals surface area (Å²) >= 11 is 0. The molecule has 4 aliphatic heterocycles. The summed E-state index contributed by atoms with van der Waals surface area (Å²) in [5.74, 6) is 1.51. The van der Waals surface area contributed by atoms with Gasteiger partial charge in [-0.15, -0.1) is 0 Å². The van der Waals surface area contributed by atoms with Crippen molar-refractivity contribution in [1.82, 2.24) is 0 Å². The van der Waals surface area contributed by atoms with Gasteiger partial charge in [-0.1, -0.05) is 54.6 Å². The average Bonchev–Trinajstić information content (AvgIpc) is 3.48. The summed E-state index contributed by atoms with van der Waals surface area (Å²) in [6, 6.07) is 19.6. The van der Waals surface area contributed by atoms with Crippen molar-refractivity contribution in [2.75, 3.05) is 7.11 Å². The molecule has 0 N–H and O–H groups in total. The van der Waals surface area contributed by atoms with Crippen LogP contribution < -0.4 is 4.74 Å². The Morgan fingerprint density at radius 1 is 0.929 bits per heavy atom. The number of hydrogen-bond donors (Lipinski definition) is 0. The summed E-state index contributed by atoms with van der Waals surface area (Å²) in [6.07, 6.45) is 4.74. The molecule has 136 valence electrons. The zero-order valence-electron chi connectivity index (χ0n) is 15.4. The molecule has 0 unspecified atom stereocenters. The van der Waals surface area contributed by atoms with E-state index < -0.39 is 11.2 Å². The van der Waals surface area contributed by atoms with Crippen molar-refractivity contribution in [2.45, 2.75) is 23.4 Å². The third-order valence-electron chi connectivity index (χ3n) is 7.87. The number of hydrogen-bond acceptors (Lipinski definition) is 3. The Balaban J connectivity index is 1.62. The second-order valence-electron chi connectivity index (χ2n) is 8.70. The minimum Gasteiger partial charge on any atom is -0.496 e. The van der Waals surface area contributed by atoms with Gasteiger partial charge in [0.25, 0.3) is 0 Å². The molecule has 3 aromatic carbocycles. The van der Waals surface area contributed by atoms with Crippen LogP contribution in [0.1, 0.15) is 28.4 Å². The molecule has 3 aromatic rings. The maximum Gasteiger partial charge on any atom is 0.130 e. The second-order valence-corrected chi connectivity index (χ2v) is 8.70. The molecule has 1 aliphatic carbocycles. The van der Waals surface area contributed by atoms with Crippen molar-refractivity contribution in [1.29, 1.82) is 0 Å². The molecule has 3 nitrogen and oxygen atoms in total. The smallest absolute Gasteiger partial charge is 0.130 e. The molecule has 28 heavy (non-hydrogen) atoms. The SMILES string of the molecule is COc1cccc2c1[C@@]13O[C@H]2[C@H]2[C@@H]4C=C[C@](O4)(c4cccc5cccc1c45)[C@H]23. The second kappa shape index (κ2) is 4.19. The first-order valence-electron chi connectivity index (χ1n) is 10.0. The van der Waals surface area contributed by atoms with E-state index >= 15 is 0 Å². The van der Waals surface area contributed by atoms with Crippen LogP contribution in [0.2, 0.25) is 0 Å². The molecule has 0 aromatic heterocycles. The van der Waals surface area contributed by atoms with Crippen LogP contribution >= 0.6 is 0 Å². The molecule has 0 saturated carbocycles. The molecule has 8 rings (SSSR count). The van der Waals surface area contributed by atoms with Crippen molar-refractivity contribution in [2.24, 2.45) is 11.8 Å². The van der Waals surface area contributed by atoms with Crippen LogP contribution in [0.25, 0.3) is 10.8 Å². The molecule has 4 heterocycles. The van der Waals surface area contributed by atoms with Crippen molar-refractivity contribution >= 4 is 10.8 Å². The van der Waals surface area contributed by atoms with Gasteiger partial charge in [0.15, 0.2) is 0 Å². The molecule has 3 heteroatoms. The highest BCUT2D eigenvalue weighted by molar-refractivity contribution is 5.93. The topological polar surface area (TPSA) is 27.7 Å². The fourth-order valence-electron chi connectivity index (χ4n) is 7.17. The highest BCUT2D eigenvalue weighted by Crippen LogP contribution is 2.77. The van der Waals surface area contributed by atoms with Crippen molar-refractivity contribution < 1.29 is 14.2 Å². The van der Waals surface area contributed by atoms with Gasteiger partial charge in [-0.05, 0) is 39.6 Å². The normalized spacial score (nSPS) is 39.5. The van der Waals surface area contributed by atoms with Gasteiger partial charge in [-0.2, -0.15) is 0 Å². The number of methoxy groups -OCH3 is 1. The molecule has 0 amide bonds. The Morgan fingerprint density at radius 2 is 1.75 bits per heavy atom. The fraction of sp³-hybridized carbons (Fsp3) is 0.280. The summed E-state index contributed by atoms with van der Waals surface area (Å²) in [4.78, 5) is 0. The Morgan fingerprint density at radius 3 is 2.61 bits per heavy atom. The maximum atomic E-state index is 7.03. The van der Waals surface area contributed by atoms with E-state index in [1.165, 1.54) is 33.0 Å². The summed E-state index contributed by atoms with van der Waals surface area (Å²) in [7, 11) is 1.76. The first kappa shape index (κ1) is 14.4. The Kier molecular flexibility index (Phi) is 2.15. The van der Waals surface area contributed by atoms with E-state index in [2.05, 4.69) is 66.7 Å². The minimum atomic E-state index is -0.509. The first-order chi connectivity index (χ1) is 13.8. The molecule has 0 radical (unpaired) electrons. The third kappa shape index (κ3) is 1.19. The van der Waals surface area contributed by atoms with Gasteiger partial charge < -0.3 is 14.2 Å². The number of rotatable bonds is 1. The first-order valence-corrected chi connectivity index (χ1v) is 10.0. The number of ether oxygens (including phenoxy) is 3. The summed E-state index contributed by atoms with van der Waals surface area (Å²) in [6.45, 7) is 0. The Hall–Kier alpha value is -2.62. The molecule has 2 spiro atoms. The lowest BCUT2D eigenvalue weighted by molar-refractivity contribution is -0.0926. The minimum absolute atomic E-state index is 0.0523. The maximum absolute atomic E-state index is 7.03. The quantitative estimate of drug-likeness (QED) is 0.590. The van der Waals surface area contributed by atoms with Crippen LogP contribution in [-0.2, 0) is 20.7 Å². The Labute approximate surface area is 162 Å². The van der Waals surface area contributed by atoms with E-state index in [0.717, 1.165) is 5.75 Å². The van der Waals surface area contributed by atoms with Gasteiger partial charge >= 0.3 is 0 Å².